The van der Waals surface area contributed by atoms with E-state index in [2.05, 4.69) is 15.5 Å². The highest BCUT2D eigenvalue weighted by atomic mass is 35.5. The number of nitrogens with one attached hydrogen (secondary N) is 1. The number of nitrogens with zero attached hydrogens (tertiary/aromatic N) is 3. The van der Waals surface area contributed by atoms with E-state index >= 15 is 0 Å². The number of benzene rings is 2. The van der Waals surface area contributed by atoms with Gasteiger partial charge < -0.3 is 0 Å². The maximum Gasteiger partial charge on any atom is 0.259 e. The minimum Gasteiger partial charge on any atom is -0.296 e. The maximum absolute atomic E-state index is 12.9. The molecule has 1 aromatic heterocycles. The molecule has 1 N–H and O–H groups in total. The molecule has 1 aliphatic rings. The Morgan fingerprint density at radius 2 is 1.71 bits per heavy atom. The molecule has 4 rings (SSSR count). The average Bonchev–Trinajstić information content (AvgIpc) is 3.23. The summed E-state index contributed by atoms with van der Waals surface area (Å²) < 4.78 is 27.3. The maximum atomic E-state index is 12.9. The topological polar surface area (TPSA) is 92.3 Å². The van der Waals surface area contributed by atoms with E-state index in [-0.39, 0.29) is 20.6 Å². The summed E-state index contributed by atoms with van der Waals surface area (Å²) in [4.78, 5) is 12.8. The number of rotatable bonds is 5. The second-order valence-electron chi connectivity index (χ2n) is 6.98. The minimum absolute atomic E-state index is 0.0445. The first-order chi connectivity index (χ1) is 14.8. The number of carbonyl (C=O) groups excluding carboxylic acids is 1. The molecule has 0 unspecified atom stereocenters. The van der Waals surface area contributed by atoms with Crippen LogP contribution in [0.5, 0.6) is 0 Å². The molecule has 0 radical (unpaired) electrons. The third-order valence-corrected chi connectivity index (χ3v) is 8.24. The van der Waals surface area contributed by atoms with Gasteiger partial charge in [-0.2, -0.15) is 4.31 Å². The highest BCUT2D eigenvalue weighted by molar-refractivity contribution is 7.89. The van der Waals surface area contributed by atoms with Crippen LogP contribution in [-0.4, -0.2) is 41.9 Å². The van der Waals surface area contributed by atoms with E-state index in [0.717, 1.165) is 24.8 Å². The van der Waals surface area contributed by atoms with Crippen LogP contribution < -0.4 is 5.32 Å². The zero-order valence-electron chi connectivity index (χ0n) is 16.2. The van der Waals surface area contributed by atoms with E-state index in [1.807, 2.05) is 0 Å². The van der Waals surface area contributed by atoms with Gasteiger partial charge in [-0.05, 0) is 43.2 Å². The number of amides is 1. The Morgan fingerprint density at radius 1 is 1.00 bits per heavy atom. The molecular formula is C20H18Cl2N4O3S2. The number of piperidine rings is 1. The molecule has 0 atom stereocenters. The van der Waals surface area contributed by atoms with Crippen molar-refractivity contribution in [3.05, 3.63) is 58.1 Å². The first kappa shape index (κ1) is 22.2. The number of anilines is 1. The number of aromatic nitrogens is 2. The highest BCUT2D eigenvalue weighted by Crippen LogP contribution is 2.29. The summed E-state index contributed by atoms with van der Waals surface area (Å²) in [7, 11) is -3.68. The van der Waals surface area contributed by atoms with E-state index in [4.69, 9.17) is 23.2 Å². The van der Waals surface area contributed by atoms with Gasteiger partial charge in [0.05, 0.1) is 15.5 Å². The van der Waals surface area contributed by atoms with Crippen molar-refractivity contribution in [3.8, 4) is 10.6 Å². The van der Waals surface area contributed by atoms with Crippen molar-refractivity contribution in [3.63, 3.8) is 0 Å². The molecule has 1 fully saturated rings. The van der Waals surface area contributed by atoms with Crippen molar-refractivity contribution in [2.45, 2.75) is 24.2 Å². The lowest BCUT2D eigenvalue weighted by atomic mass is 10.2. The first-order valence-corrected chi connectivity index (χ1v) is 12.6. The van der Waals surface area contributed by atoms with Gasteiger partial charge in [-0.15, -0.1) is 10.2 Å². The Kier molecular flexibility index (Phi) is 6.59. The average molecular weight is 497 g/mol. The van der Waals surface area contributed by atoms with E-state index in [9.17, 15) is 13.2 Å². The monoisotopic (exact) mass is 496 g/mol. The molecule has 1 saturated heterocycles. The van der Waals surface area contributed by atoms with Gasteiger partial charge in [0, 0.05) is 23.7 Å². The van der Waals surface area contributed by atoms with Crippen LogP contribution in [0.2, 0.25) is 10.0 Å². The fourth-order valence-electron chi connectivity index (χ4n) is 3.24. The number of hydrogen-bond donors (Lipinski definition) is 1. The van der Waals surface area contributed by atoms with Gasteiger partial charge in [-0.1, -0.05) is 53.1 Å². The Hall–Kier alpha value is -2.04. The fraction of sp³-hybridized carbons (Fsp3) is 0.250. The smallest absolute Gasteiger partial charge is 0.259 e. The Labute approximate surface area is 194 Å². The second kappa shape index (κ2) is 9.22. The molecule has 2 heterocycles. The molecule has 31 heavy (non-hydrogen) atoms. The van der Waals surface area contributed by atoms with Gasteiger partial charge in [0.15, 0.2) is 0 Å². The Morgan fingerprint density at radius 3 is 2.42 bits per heavy atom. The van der Waals surface area contributed by atoms with Crippen molar-refractivity contribution in [1.29, 1.82) is 0 Å². The van der Waals surface area contributed by atoms with Gasteiger partial charge >= 0.3 is 0 Å². The van der Waals surface area contributed by atoms with Gasteiger partial charge in [-0.3, -0.25) is 10.1 Å². The summed E-state index contributed by atoms with van der Waals surface area (Å²) in [5.74, 6) is -0.556. The van der Waals surface area contributed by atoms with Crippen LogP contribution in [0.25, 0.3) is 10.6 Å². The lowest BCUT2D eigenvalue weighted by molar-refractivity contribution is 0.102. The van der Waals surface area contributed by atoms with Crippen LogP contribution in [0.3, 0.4) is 0 Å². The number of sulfonamides is 1. The number of hydrogen-bond acceptors (Lipinski definition) is 6. The SMILES string of the molecule is O=C(Nc1nnc(-c2ccc(Cl)cc2)s1)c1cc(S(=O)(=O)N2CCCCC2)ccc1Cl. The van der Waals surface area contributed by atoms with Crippen molar-refractivity contribution < 1.29 is 13.2 Å². The minimum atomic E-state index is -3.68. The van der Waals surface area contributed by atoms with Crippen LogP contribution >= 0.6 is 34.5 Å². The van der Waals surface area contributed by atoms with Gasteiger partial charge in [0.2, 0.25) is 15.2 Å². The van der Waals surface area contributed by atoms with Gasteiger partial charge in [0.1, 0.15) is 5.01 Å². The predicted molar refractivity (Wildman–Crippen MR) is 122 cm³/mol. The molecular weight excluding hydrogens is 479 g/mol. The summed E-state index contributed by atoms with van der Waals surface area (Å²) in [6, 6.07) is 11.2. The van der Waals surface area contributed by atoms with Crippen molar-refractivity contribution >= 4 is 55.6 Å². The van der Waals surface area contributed by atoms with Crippen molar-refractivity contribution in [2.24, 2.45) is 0 Å². The van der Waals surface area contributed by atoms with E-state index in [1.165, 1.54) is 33.8 Å². The van der Waals surface area contributed by atoms with Crippen LogP contribution in [0, 0.1) is 0 Å². The zero-order chi connectivity index (χ0) is 22.0. The second-order valence-corrected chi connectivity index (χ2v) is 10.7. The summed E-state index contributed by atoms with van der Waals surface area (Å²) >= 11 is 13.3. The quantitative estimate of drug-likeness (QED) is 0.539. The van der Waals surface area contributed by atoms with Crippen LogP contribution in [-0.2, 0) is 10.0 Å². The highest BCUT2D eigenvalue weighted by Gasteiger charge is 2.27. The van der Waals surface area contributed by atoms with Gasteiger partial charge in [0.25, 0.3) is 5.91 Å². The summed E-state index contributed by atoms with van der Waals surface area (Å²) in [6.45, 7) is 0.954. The summed E-state index contributed by atoms with van der Waals surface area (Å²) in [6.07, 6.45) is 2.67. The molecule has 0 aliphatic carbocycles. The van der Waals surface area contributed by atoms with Crippen LogP contribution in [0.15, 0.2) is 47.4 Å². The molecule has 162 valence electrons. The lowest BCUT2D eigenvalue weighted by Crippen LogP contribution is -2.35. The van der Waals surface area contributed by atoms with Crippen LogP contribution in [0.1, 0.15) is 29.6 Å². The standard InChI is InChI=1S/C20H18Cl2N4O3S2/c21-14-6-4-13(5-7-14)19-24-25-20(30-19)23-18(27)16-12-15(8-9-17(16)22)31(28,29)26-10-2-1-3-11-26/h4-9,12H,1-3,10-11H2,(H,23,25,27). The number of halogens is 2. The third kappa shape index (κ3) is 4.91. The molecule has 0 spiro atoms. The fourth-order valence-corrected chi connectivity index (χ4v) is 5.86. The molecule has 7 nitrogen and oxygen atoms in total. The molecule has 3 aromatic rings. The largest absolute Gasteiger partial charge is 0.296 e. The van der Waals surface area contributed by atoms with Crippen molar-refractivity contribution in [1.82, 2.24) is 14.5 Å². The zero-order valence-corrected chi connectivity index (χ0v) is 19.4. The summed E-state index contributed by atoms with van der Waals surface area (Å²) in [5.41, 5.74) is 0.873. The van der Waals surface area contributed by atoms with E-state index in [0.29, 0.717) is 23.1 Å². The lowest BCUT2D eigenvalue weighted by Gasteiger charge is -2.26. The van der Waals surface area contributed by atoms with E-state index in [1.54, 1.807) is 24.3 Å². The summed E-state index contributed by atoms with van der Waals surface area (Å²) in [5, 5.41) is 12.4. The normalized spacial score (nSPS) is 15.0. The molecule has 2 aromatic carbocycles. The molecule has 0 bridgehead atoms. The van der Waals surface area contributed by atoms with E-state index < -0.39 is 15.9 Å². The molecule has 11 heteroatoms. The van der Waals surface area contributed by atoms with Crippen LogP contribution in [0.4, 0.5) is 5.13 Å². The Balaban J connectivity index is 1.55. The number of carbonyl (C=O) groups is 1. The Bertz CT molecular complexity index is 1210. The predicted octanol–water partition coefficient (Wildman–Crippen LogP) is 4.94. The first-order valence-electron chi connectivity index (χ1n) is 9.55. The third-order valence-electron chi connectivity index (χ3n) is 4.87. The van der Waals surface area contributed by atoms with Gasteiger partial charge in [-0.25, -0.2) is 8.42 Å². The molecule has 1 amide bonds. The van der Waals surface area contributed by atoms with Crippen molar-refractivity contribution in [2.75, 3.05) is 18.4 Å². The molecule has 0 saturated carbocycles. The molecule has 1 aliphatic heterocycles.